The van der Waals surface area contributed by atoms with Crippen LogP contribution in [0.25, 0.3) is 11.0 Å². The normalized spacial score (nSPS) is 16.3. The summed E-state index contributed by atoms with van der Waals surface area (Å²) >= 11 is 0. The van der Waals surface area contributed by atoms with Gasteiger partial charge in [0.25, 0.3) is 5.56 Å². The summed E-state index contributed by atoms with van der Waals surface area (Å²) in [5, 5.41) is 0.443. The number of rotatable bonds is 5. The number of aryl methyl sites for hydroxylation is 1. The number of fused-ring (bicyclic) bond motifs is 1. The van der Waals surface area contributed by atoms with E-state index in [1.165, 1.54) is 28.5 Å². The third kappa shape index (κ3) is 3.70. The molecule has 0 aliphatic carbocycles. The third-order valence-corrected chi connectivity index (χ3v) is 5.21. The van der Waals surface area contributed by atoms with Crippen molar-refractivity contribution in [3.05, 3.63) is 64.5 Å². The van der Waals surface area contributed by atoms with Crippen LogP contribution in [0.3, 0.4) is 0 Å². The molecule has 5 nitrogen and oxygen atoms in total. The summed E-state index contributed by atoms with van der Waals surface area (Å²) in [6, 6.07) is 8.17. The summed E-state index contributed by atoms with van der Waals surface area (Å²) in [6.07, 6.45) is 6.81. The number of nitrogens with zero attached hydrogens (tertiary/aromatic N) is 3. The van der Waals surface area contributed by atoms with Gasteiger partial charge in [-0.2, -0.15) is 4.74 Å². The van der Waals surface area contributed by atoms with Gasteiger partial charge in [0.1, 0.15) is 5.82 Å². The second kappa shape index (κ2) is 7.41. The molecule has 0 bridgehead atoms. The Morgan fingerprint density at radius 2 is 1.92 bits per heavy atom. The van der Waals surface area contributed by atoms with E-state index in [1.807, 2.05) is 12.4 Å². The van der Waals surface area contributed by atoms with Crippen molar-refractivity contribution in [1.82, 2.24) is 14.6 Å². The SMILES string of the molecule is O=c1c2ccc(F)cc2on1CCC1CCN(Cc2ccncc2)CC1. The largest absolute Gasteiger partial charge is 0.376 e. The fraction of sp³-hybridized carbons (Fsp3) is 0.400. The molecule has 0 N–H and O–H groups in total. The molecular formula is C20H22FN3O2. The number of hydrogen-bond acceptors (Lipinski definition) is 4. The average Bonchev–Trinajstić information content (AvgIpc) is 2.97. The Morgan fingerprint density at radius 1 is 1.15 bits per heavy atom. The van der Waals surface area contributed by atoms with Crippen LogP contribution in [0.4, 0.5) is 4.39 Å². The number of hydrogen-bond donors (Lipinski definition) is 0. The first-order chi connectivity index (χ1) is 12.7. The molecule has 0 saturated carbocycles. The van der Waals surface area contributed by atoms with Crippen LogP contribution in [0.1, 0.15) is 24.8 Å². The lowest BCUT2D eigenvalue weighted by atomic mass is 9.93. The van der Waals surface area contributed by atoms with E-state index in [-0.39, 0.29) is 11.4 Å². The predicted molar refractivity (Wildman–Crippen MR) is 97.3 cm³/mol. The summed E-state index contributed by atoms with van der Waals surface area (Å²) in [6.45, 7) is 3.63. The molecular weight excluding hydrogens is 333 g/mol. The van der Waals surface area contributed by atoms with Crippen molar-refractivity contribution in [3.8, 4) is 0 Å². The Labute approximate surface area is 151 Å². The zero-order valence-electron chi connectivity index (χ0n) is 14.6. The minimum atomic E-state index is -0.389. The van der Waals surface area contributed by atoms with Gasteiger partial charge in [-0.15, -0.1) is 0 Å². The Hall–Kier alpha value is -2.47. The van der Waals surface area contributed by atoms with Crippen LogP contribution in [-0.2, 0) is 13.1 Å². The van der Waals surface area contributed by atoms with Crippen molar-refractivity contribution in [2.24, 2.45) is 5.92 Å². The summed E-state index contributed by atoms with van der Waals surface area (Å²) in [4.78, 5) is 18.8. The van der Waals surface area contributed by atoms with Gasteiger partial charge >= 0.3 is 0 Å². The molecule has 0 atom stereocenters. The van der Waals surface area contributed by atoms with Gasteiger partial charge in [-0.05, 0) is 68.1 Å². The molecule has 4 rings (SSSR count). The van der Waals surface area contributed by atoms with Crippen molar-refractivity contribution in [2.75, 3.05) is 13.1 Å². The van der Waals surface area contributed by atoms with E-state index in [9.17, 15) is 9.18 Å². The van der Waals surface area contributed by atoms with E-state index in [0.717, 1.165) is 38.9 Å². The van der Waals surface area contributed by atoms with Gasteiger partial charge in [-0.3, -0.25) is 14.7 Å². The smallest absolute Gasteiger partial charge is 0.290 e. The third-order valence-electron chi connectivity index (χ3n) is 5.21. The number of aromatic nitrogens is 2. The Kier molecular flexibility index (Phi) is 4.84. The number of benzene rings is 1. The van der Waals surface area contributed by atoms with Crippen LogP contribution in [-0.4, -0.2) is 27.7 Å². The molecule has 0 amide bonds. The van der Waals surface area contributed by atoms with Gasteiger partial charge in [0.15, 0.2) is 5.58 Å². The molecule has 136 valence electrons. The number of halogens is 1. The van der Waals surface area contributed by atoms with Gasteiger partial charge in [-0.1, -0.05) is 0 Å². The fourth-order valence-electron chi connectivity index (χ4n) is 3.67. The highest BCUT2D eigenvalue weighted by atomic mass is 19.1. The van der Waals surface area contributed by atoms with E-state index in [0.29, 0.717) is 23.4 Å². The first-order valence-electron chi connectivity index (χ1n) is 9.10. The molecule has 1 fully saturated rings. The molecule has 6 heteroatoms. The van der Waals surface area contributed by atoms with E-state index < -0.39 is 0 Å². The summed E-state index contributed by atoms with van der Waals surface area (Å²) < 4.78 is 20.2. The highest BCUT2D eigenvalue weighted by Crippen LogP contribution is 2.23. The first kappa shape index (κ1) is 17.0. The van der Waals surface area contributed by atoms with Gasteiger partial charge < -0.3 is 4.52 Å². The maximum absolute atomic E-state index is 13.3. The van der Waals surface area contributed by atoms with Crippen LogP contribution < -0.4 is 5.56 Å². The molecule has 1 aromatic carbocycles. The average molecular weight is 355 g/mol. The van der Waals surface area contributed by atoms with Crippen LogP contribution in [0, 0.1) is 11.7 Å². The lowest BCUT2D eigenvalue weighted by molar-refractivity contribution is 0.159. The van der Waals surface area contributed by atoms with Gasteiger partial charge in [0.05, 0.1) is 11.9 Å². The van der Waals surface area contributed by atoms with E-state index >= 15 is 0 Å². The summed E-state index contributed by atoms with van der Waals surface area (Å²) in [5.41, 5.74) is 1.44. The zero-order chi connectivity index (χ0) is 17.9. The van der Waals surface area contributed by atoms with Crippen LogP contribution in [0.5, 0.6) is 0 Å². The quantitative estimate of drug-likeness (QED) is 0.704. The highest BCUT2D eigenvalue weighted by molar-refractivity contribution is 5.75. The van der Waals surface area contributed by atoms with E-state index in [4.69, 9.17) is 4.52 Å². The fourth-order valence-corrected chi connectivity index (χ4v) is 3.67. The predicted octanol–water partition coefficient (Wildman–Crippen LogP) is 3.43. The van der Waals surface area contributed by atoms with Crippen LogP contribution in [0.2, 0.25) is 0 Å². The number of likely N-dealkylation sites (tertiary alicyclic amines) is 1. The molecule has 1 aliphatic heterocycles. The maximum atomic E-state index is 13.3. The lowest BCUT2D eigenvalue weighted by Crippen LogP contribution is -2.33. The van der Waals surface area contributed by atoms with Crippen LogP contribution >= 0.6 is 0 Å². The highest BCUT2D eigenvalue weighted by Gasteiger charge is 2.20. The maximum Gasteiger partial charge on any atom is 0.290 e. The summed E-state index contributed by atoms with van der Waals surface area (Å²) in [7, 11) is 0. The second-order valence-electron chi connectivity index (χ2n) is 7.00. The molecule has 0 spiro atoms. The number of pyridine rings is 1. The topological polar surface area (TPSA) is 51.3 Å². The monoisotopic (exact) mass is 355 g/mol. The molecule has 1 aliphatic rings. The lowest BCUT2D eigenvalue weighted by Gasteiger charge is -2.31. The van der Waals surface area contributed by atoms with Crippen molar-refractivity contribution in [3.63, 3.8) is 0 Å². The van der Waals surface area contributed by atoms with E-state index in [2.05, 4.69) is 22.0 Å². The standard InChI is InChI=1S/C20H22FN3O2/c21-17-1-2-18-19(13-17)26-24(20(18)25)12-7-15-5-10-23(11-6-15)14-16-3-8-22-9-4-16/h1-4,8-9,13,15H,5-7,10-12,14H2. The van der Waals surface area contributed by atoms with E-state index in [1.54, 1.807) is 0 Å². The van der Waals surface area contributed by atoms with Gasteiger partial charge in [0.2, 0.25) is 0 Å². The van der Waals surface area contributed by atoms with Crippen molar-refractivity contribution in [1.29, 1.82) is 0 Å². The minimum absolute atomic E-state index is 0.171. The molecule has 26 heavy (non-hydrogen) atoms. The van der Waals surface area contributed by atoms with Crippen molar-refractivity contribution >= 4 is 11.0 Å². The molecule has 2 aromatic heterocycles. The Bertz CT molecular complexity index is 927. The molecule has 3 heterocycles. The van der Waals surface area contributed by atoms with Crippen molar-refractivity contribution < 1.29 is 8.91 Å². The minimum Gasteiger partial charge on any atom is -0.376 e. The molecule has 3 aromatic rings. The van der Waals surface area contributed by atoms with Crippen LogP contribution in [0.15, 0.2) is 52.0 Å². The van der Waals surface area contributed by atoms with Crippen molar-refractivity contribution in [2.45, 2.75) is 32.4 Å². The van der Waals surface area contributed by atoms with Gasteiger partial charge in [0, 0.05) is 25.0 Å². The Balaban J connectivity index is 1.31. The van der Waals surface area contributed by atoms with Gasteiger partial charge in [-0.25, -0.2) is 4.39 Å². The zero-order valence-corrected chi connectivity index (χ0v) is 14.6. The number of piperidine rings is 1. The Morgan fingerprint density at radius 3 is 2.69 bits per heavy atom. The molecule has 1 saturated heterocycles. The summed E-state index contributed by atoms with van der Waals surface area (Å²) in [5.74, 6) is 0.195. The molecule has 0 unspecified atom stereocenters. The molecule has 0 radical (unpaired) electrons. The first-order valence-corrected chi connectivity index (χ1v) is 9.10. The second-order valence-corrected chi connectivity index (χ2v) is 7.00.